The van der Waals surface area contributed by atoms with Gasteiger partial charge in [0.05, 0.1) is 5.29 Å². The van der Waals surface area contributed by atoms with Crippen molar-refractivity contribution in [1.29, 1.82) is 0 Å². The van der Waals surface area contributed by atoms with Gasteiger partial charge < -0.3 is 0 Å². The molecule has 0 aromatic carbocycles. The van der Waals surface area contributed by atoms with Crippen molar-refractivity contribution < 1.29 is 10.1 Å². The van der Waals surface area contributed by atoms with E-state index in [0.717, 1.165) is 11.4 Å². The third-order valence-electron chi connectivity index (χ3n) is 1.20. The molecule has 0 saturated carbocycles. The molecule has 0 fully saturated rings. The van der Waals surface area contributed by atoms with Gasteiger partial charge in [-0.25, -0.2) is 15.2 Å². The zero-order valence-corrected chi connectivity index (χ0v) is 6.15. The van der Waals surface area contributed by atoms with Gasteiger partial charge in [0.1, 0.15) is 0 Å². The molecule has 0 rings (SSSR count). The van der Waals surface area contributed by atoms with Crippen molar-refractivity contribution in [3.05, 3.63) is 4.91 Å². The predicted octanol–water partition coefficient (Wildman–Crippen LogP) is 1.22. The maximum atomic E-state index is 9.86. The Kier molecular flexibility index (Phi) is 4.78. The smallest absolute Gasteiger partial charge is 0.182 e. The van der Waals surface area contributed by atoms with Crippen LogP contribution in [0.4, 0.5) is 0 Å². The van der Waals surface area contributed by atoms with E-state index in [1.807, 2.05) is 6.92 Å². The Hall–Kier alpha value is -0.680. The van der Waals surface area contributed by atoms with Crippen LogP contribution < -0.4 is 0 Å². The molecule has 60 valence electrons. The molecule has 0 saturated heterocycles. The standard InChI is InChI=1S/C5H12N2O3/c1-3-4-5(10-9)7(2)6-8/h5,9H,3-4H2,1-2H3. The fourth-order valence-corrected chi connectivity index (χ4v) is 0.607. The van der Waals surface area contributed by atoms with E-state index in [1.165, 1.54) is 7.05 Å². The third-order valence-corrected chi connectivity index (χ3v) is 1.20. The van der Waals surface area contributed by atoms with Gasteiger partial charge in [-0.05, 0) is 6.42 Å². The molecule has 5 nitrogen and oxygen atoms in total. The Morgan fingerprint density at radius 3 is 2.70 bits per heavy atom. The minimum atomic E-state index is -0.609. The summed E-state index contributed by atoms with van der Waals surface area (Å²) < 4.78 is 0. The number of hydrogen-bond acceptors (Lipinski definition) is 4. The average Bonchev–Trinajstić information content (AvgIpc) is 1.99. The van der Waals surface area contributed by atoms with Crippen LogP contribution in [0.2, 0.25) is 0 Å². The number of rotatable bonds is 5. The summed E-state index contributed by atoms with van der Waals surface area (Å²) in [5.41, 5.74) is 0. The summed E-state index contributed by atoms with van der Waals surface area (Å²) in [5.74, 6) is 0. The molecule has 0 aliphatic rings. The summed E-state index contributed by atoms with van der Waals surface area (Å²) >= 11 is 0. The summed E-state index contributed by atoms with van der Waals surface area (Å²) in [6.07, 6.45) is 0.798. The minimum Gasteiger partial charge on any atom is -0.250 e. The highest BCUT2D eigenvalue weighted by molar-refractivity contribution is 4.50. The summed E-state index contributed by atoms with van der Waals surface area (Å²) in [6.45, 7) is 1.92. The van der Waals surface area contributed by atoms with E-state index < -0.39 is 6.23 Å². The van der Waals surface area contributed by atoms with E-state index in [9.17, 15) is 4.91 Å². The maximum absolute atomic E-state index is 9.86. The second-order valence-corrected chi connectivity index (χ2v) is 2.00. The molecule has 0 radical (unpaired) electrons. The Labute approximate surface area is 59.5 Å². The predicted molar refractivity (Wildman–Crippen MR) is 36.0 cm³/mol. The molecule has 10 heavy (non-hydrogen) atoms. The van der Waals surface area contributed by atoms with Crippen LogP contribution >= 0.6 is 0 Å². The maximum Gasteiger partial charge on any atom is 0.182 e. The van der Waals surface area contributed by atoms with Gasteiger partial charge in [0.25, 0.3) is 0 Å². The molecule has 0 amide bonds. The van der Waals surface area contributed by atoms with Gasteiger partial charge >= 0.3 is 0 Å². The summed E-state index contributed by atoms with van der Waals surface area (Å²) in [7, 11) is 1.45. The van der Waals surface area contributed by atoms with E-state index in [0.29, 0.717) is 6.42 Å². The highest BCUT2D eigenvalue weighted by Crippen LogP contribution is 2.04. The van der Waals surface area contributed by atoms with E-state index in [1.54, 1.807) is 0 Å². The van der Waals surface area contributed by atoms with Crippen molar-refractivity contribution >= 4 is 0 Å². The van der Waals surface area contributed by atoms with Gasteiger partial charge in [0.15, 0.2) is 6.23 Å². The van der Waals surface area contributed by atoms with E-state index in [-0.39, 0.29) is 0 Å². The first-order valence-electron chi connectivity index (χ1n) is 3.12. The molecule has 0 aromatic heterocycles. The average molecular weight is 148 g/mol. The third kappa shape index (κ3) is 2.75. The number of nitroso groups, excluding NO2 is 1. The van der Waals surface area contributed by atoms with Crippen LogP contribution in [-0.4, -0.2) is 23.5 Å². The van der Waals surface area contributed by atoms with Crippen LogP contribution in [0.1, 0.15) is 19.8 Å². The number of nitrogens with zero attached hydrogens (tertiary/aromatic N) is 2. The lowest BCUT2D eigenvalue weighted by Gasteiger charge is -2.17. The minimum absolute atomic E-state index is 0.582. The van der Waals surface area contributed by atoms with Crippen molar-refractivity contribution in [3.63, 3.8) is 0 Å². The van der Waals surface area contributed by atoms with Gasteiger partial charge in [-0.1, -0.05) is 13.3 Å². The Morgan fingerprint density at radius 1 is 1.80 bits per heavy atom. The summed E-state index contributed by atoms with van der Waals surface area (Å²) in [4.78, 5) is 13.8. The van der Waals surface area contributed by atoms with Gasteiger partial charge in [0, 0.05) is 7.05 Å². The first-order valence-corrected chi connectivity index (χ1v) is 3.12. The second-order valence-electron chi connectivity index (χ2n) is 2.00. The van der Waals surface area contributed by atoms with Crippen molar-refractivity contribution in [3.8, 4) is 0 Å². The van der Waals surface area contributed by atoms with Crippen LogP contribution in [0.5, 0.6) is 0 Å². The largest absolute Gasteiger partial charge is 0.250 e. The van der Waals surface area contributed by atoms with E-state index in [2.05, 4.69) is 10.2 Å². The molecule has 1 N–H and O–H groups in total. The van der Waals surface area contributed by atoms with Crippen LogP contribution in [0.3, 0.4) is 0 Å². The van der Waals surface area contributed by atoms with Crippen LogP contribution in [0, 0.1) is 4.91 Å². The molecule has 0 spiro atoms. The lowest BCUT2D eigenvalue weighted by atomic mass is 10.3. The highest BCUT2D eigenvalue weighted by Gasteiger charge is 2.12. The normalized spacial score (nSPS) is 12.7. The highest BCUT2D eigenvalue weighted by atomic mass is 17.1. The molecule has 0 bridgehead atoms. The first-order chi connectivity index (χ1) is 4.76. The van der Waals surface area contributed by atoms with Gasteiger partial charge in [-0.3, -0.25) is 0 Å². The second kappa shape index (κ2) is 5.13. The Balaban J connectivity index is 3.67. The molecule has 0 aromatic rings. The fraction of sp³-hybridized carbons (Fsp3) is 1.00. The Bertz CT molecular complexity index is 98.9. The quantitative estimate of drug-likeness (QED) is 0.275. The number of hydrogen-bond donors (Lipinski definition) is 1. The SMILES string of the molecule is CCCC(OO)N(C)N=O. The molecule has 1 atom stereocenters. The summed E-state index contributed by atoms with van der Waals surface area (Å²) in [6, 6.07) is 0. The molecule has 0 aliphatic heterocycles. The van der Waals surface area contributed by atoms with E-state index >= 15 is 0 Å². The monoisotopic (exact) mass is 148 g/mol. The molecular formula is C5H12N2O3. The van der Waals surface area contributed by atoms with Gasteiger partial charge in [-0.2, -0.15) is 0 Å². The van der Waals surface area contributed by atoms with Crippen molar-refractivity contribution in [2.45, 2.75) is 26.0 Å². The van der Waals surface area contributed by atoms with Crippen LogP contribution in [0.25, 0.3) is 0 Å². The zero-order valence-electron chi connectivity index (χ0n) is 6.15. The van der Waals surface area contributed by atoms with Crippen molar-refractivity contribution in [2.24, 2.45) is 5.29 Å². The fourth-order valence-electron chi connectivity index (χ4n) is 0.607. The molecule has 0 heterocycles. The topological polar surface area (TPSA) is 62.1 Å². The molecular weight excluding hydrogens is 136 g/mol. The van der Waals surface area contributed by atoms with Gasteiger partial charge in [-0.15, -0.1) is 4.91 Å². The van der Waals surface area contributed by atoms with Crippen molar-refractivity contribution in [1.82, 2.24) is 5.01 Å². The molecule has 5 heteroatoms. The first kappa shape index (κ1) is 9.32. The van der Waals surface area contributed by atoms with Crippen molar-refractivity contribution in [2.75, 3.05) is 7.05 Å². The molecule has 0 aliphatic carbocycles. The van der Waals surface area contributed by atoms with Gasteiger partial charge in [0.2, 0.25) is 0 Å². The lowest BCUT2D eigenvalue weighted by molar-refractivity contribution is -0.312. The van der Waals surface area contributed by atoms with E-state index in [4.69, 9.17) is 5.26 Å². The van der Waals surface area contributed by atoms with Crippen LogP contribution in [0.15, 0.2) is 5.29 Å². The zero-order chi connectivity index (χ0) is 7.98. The molecule has 1 unspecified atom stereocenters. The lowest BCUT2D eigenvalue weighted by Crippen LogP contribution is -2.28. The van der Waals surface area contributed by atoms with Crippen LogP contribution in [-0.2, 0) is 4.89 Å². The Morgan fingerprint density at radius 2 is 2.40 bits per heavy atom. The summed E-state index contributed by atoms with van der Waals surface area (Å²) in [5, 5.41) is 11.8.